The minimum Gasteiger partial charge on any atom is -0.383 e. The number of rotatable bonds is 3. The van der Waals surface area contributed by atoms with Crippen LogP contribution in [0.2, 0.25) is 0 Å². The van der Waals surface area contributed by atoms with Gasteiger partial charge in [-0.05, 0) is 6.42 Å². The van der Waals surface area contributed by atoms with Crippen LogP contribution in [-0.2, 0) is 4.79 Å². The lowest BCUT2D eigenvalue weighted by atomic mass is 9.88. The predicted octanol–water partition coefficient (Wildman–Crippen LogP) is 0.368. The van der Waals surface area contributed by atoms with E-state index in [-0.39, 0.29) is 6.04 Å². The van der Waals surface area contributed by atoms with Crippen molar-refractivity contribution in [3.05, 3.63) is 24.3 Å². The molecule has 12 heavy (non-hydrogen) atoms. The Morgan fingerprint density at radius 3 is 3.00 bits per heavy atom. The lowest BCUT2D eigenvalue weighted by molar-refractivity contribution is -0.111. The normalized spacial score (nSPS) is 33.3. The van der Waals surface area contributed by atoms with Crippen LogP contribution in [0.15, 0.2) is 24.3 Å². The molecule has 0 aliphatic heterocycles. The molecule has 0 heterocycles. The van der Waals surface area contributed by atoms with E-state index < -0.39 is 5.60 Å². The molecule has 1 aliphatic rings. The third-order valence-electron chi connectivity index (χ3n) is 2.15. The van der Waals surface area contributed by atoms with Crippen LogP contribution in [0.4, 0.5) is 0 Å². The van der Waals surface area contributed by atoms with Gasteiger partial charge in [0.1, 0.15) is 5.60 Å². The van der Waals surface area contributed by atoms with Gasteiger partial charge in [-0.15, -0.1) is 0 Å². The number of carbonyl (C=O) groups is 1. The summed E-state index contributed by atoms with van der Waals surface area (Å²) in [6, 6.07) is -0.301. The third-order valence-corrected chi connectivity index (χ3v) is 2.15. The van der Waals surface area contributed by atoms with Crippen LogP contribution < -0.4 is 5.32 Å². The lowest BCUT2D eigenvalue weighted by Crippen LogP contribution is -2.48. The Hall–Kier alpha value is -1.09. The highest BCUT2D eigenvalue weighted by molar-refractivity contribution is 5.49. The largest absolute Gasteiger partial charge is 0.383 e. The summed E-state index contributed by atoms with van der Waals surface area (Å²) < 4.78 is 0. The molecular formula is C9H13NO2. The minimum atomic E-state index is -0.921. The van der Waals surface area contributed by atoms with Crippen molar-refractivity contribution in [3.8, 4) is 0 Å². The van der Waals surface area contributed by atoms with Crippen molar-refractivity contribution in [1.29, 1.82) is 0 Å². The average molecular weight is 167 g/mol. The Morgan fingerprint density at radius 1 is 1.67 bits per heavy atom. The van der Waals surface area contributed by atoms with Gasteiger partial charge in [0.05, 0.1) is 6.04 Å². The van der Waals surface area contributed by atoms with Crippen LogP contribution in [0.1, 0.15) is 13.3 Å². The fraction of sp³-hybridized carbons (Fsp3) is 0.444. The Morgan fingerprint density at radius 2 is 2.42 bits per heavy atom. The van der Waals surface area contributed by atoms with Crippen molar-refractivity contribution in [2.45, 2.75) is 25.0 Å². The van der Waals surface area contributed by atoms with Crippen LogP contribution >= 0.6 is 0 Å². The van der Waals surface area contributed by atoms with Crippen LogP contribution in [0.5, 0.6) is 0 Å². The van der Waals surface area contributed by atoms with E-state index in [1.165, 1.54) is 0 Å². The fourth-order valence-electron chi connectivity index (χ4n) is 1.28. The van der Waals surface area contributed by atoms with Gasteiger partial charge in [0.15, 0.2) is 0 Å². The van der Waals surface area contributed by atoms with E-state index in [4.69, 9.17) is 0 Å². The van der Waals surface area contributed by atoms with Crippen molar-refractivity contribution < 1.29 is 9.90 Å². The molecule has 0 saturated carbocycles. The molecule has 3 heteroatoms. The van der Waals surface area contributed by atoms with Crippen molar-refractivity contribution in [3.63, 3.8) is 0 Å². The van der Waals surface area contributed by atoms with Gasteiger partial charge in [0.25, 0.3) is 0 Å². The van der Waals surface area contributed by atoms with Gasteiger partial charge >= 0.3 is 0 Å². The number of aliphatic hydroxyl groups is 1. The maximum atomic E-state index is 10.2. The number of hydrogen-bond donors (Lipinski definition) is 2. The molecule has 0 aromatic rings. The van der Waals surface area contributed by atoms with Crippen molar-refractivity contribution in [1.82, 2.24) is 5.32 Å². The summed E-state index contributed by atoms with van der Waals surface area (Å²) in [6.45, 7) is 1.88. The van der Waals surface area contributed by atoms with E-state index in [0.717, 1.165) is 0 Å². The van der Waals surface area contributed by atoms with Gasteiger partial charge in [-0.1, -0.05) is 31.2 Å². The van der Waals surface area contributed by atoms with Crippen molar-refractivity contribution >= 4 is 6.41 Å². The smallest absolute Gasteiger partial charge is 0.207 e. The van der Waals surface area contributed by atoms with E-state index in [1.807, 2.05) is 13.0 Å². The molecule has 0 spiro atoms. The van der Waals surface area contributed by atoms with Gasteiger partial charge in [0.2, 0.25) is 6.41 Å². The second kappa shape index (κ2) is 3.54. The van der Waals surface area contributed by atoms with E-state index in [0.29, 0.717) is 12.8 Å². The van der Waals surface area contributed by atoms with Crippen LogP contribution in [0.25, 0.3) is 0 Å². The molecule has 3 nitrogen and oxygen atoms in total. The first-order chi connectivity index (χ1) is 5.73. The van der Waals surface area contributed by atoms with E-state index in [9.17, 15) is 9.90 Å². The predicted molar refractivity (Wildman–Crippen MR) is 46.5 cm³/mol. The van der Waals surface area contributed by atoms with Gasteiger partial charge in [-0.25, -0.2) is 0 Å². The SMILES string of the molecule is CCC1(O)C=CC=CC1NC=O. The average Bonchev–Trinajstić information content (AvgIpc) is 2.10. The quantitative estimate of drug-likeness (QED) is 0.596. The summed E-state index contributed by atoms with van der Waals surface area (Å²) in [5.74, 6) is 0. The summed E-state index contributed by atoms with van der Waals surface area (Å²) in [7, 11) is 0. The number of carbonyl (C=O) groups excluding carboxylic acids is 1. The molecule has 0 fully saturated rings. The van der Waals surface area contributed by atoms with Crippen molar-refractivity contribution in [2.75, 3.05) is 0 Å². The molecule has 1 aliphatic carbocycles. The zero-order valence-corrected chi connectivity index (χ0v) is 7.03. The van der Waals surface area contributed by atoms with Gasteiger partial charge < -0.3 is 10.4 Å². The highest BCUT2D eigenvalue weighted by atomic mass is 16.3. The number of hydrogen-bond acceptors (Lipinski definition) is 2. The molecule has 0 bridgehead atoms. The molecule has 1 amide bonds. The van der Waals surface area contributed by atoms with Gasteiger partial charge in [-0.2, -0.15) is 0 Å². The molecule has 66 valence electrons. The van der Waals surface area contributed by atoms with Crippen LogP contribution in [0.3, 0.4) is 0 Å². The van der Waals surface area contributed by atoms with Crippen LogP contribution in [0, 0.1) is 0 Å². The van der Waals surface area contributed by atoms with Crippen LogP contribution in [-0.4, -0.2) is 23.2 Å². The molecule has 2 atom stereocenters. The first-order valence-corrected chi connectivity index (χ1v) is 4.01. The van der Waals surface area contributed by atoms with E-state index in [1.54, 1.807) is 18.2 Å². The second-order valence-electron chi connectivity index (χ2n) is 2.85. The Kier molecular flexibility index (Phi) is 2.65. The van der Waals surface area contributed by atoms with Crippen molar-refractivity contribution in [2.24, 2.45) is 0 Å². The monoisotopic (exact) mass is 167 g/mol. The molecular weight excluding hydrogens is 154 g/mol. The number of allylic oxidation sites excluding steroid dienone is 2. The summed E-state index contributed by atoms with van der Waals surface area (Å²) in [6.07, 6.45) is 8.26. The first-order valence-electron chi connectivity index (χ1n) is 4.01. The van der Waals surface area contributed by atoms with E-state index >= 15 is 0 Å². The zero-order chi connectivity index (χ0) is 9.03. The zero-order valence-electron chi connectivity index (χ0n) is 7.03. The minimum absolute atomic E-state index is 0.301. The number of nitrogens with one attached hydrogen (secondary N) is 1. The van der Waals surface area contributed by atoms with Gasteiger partial charge in [0, 0.05) is 0 Å². The summed E-state index contributed by atoms with van der Waals surface area (Å²) in [5, 5.41) is 12.5. The fourth-order valence-corrected chi connectivity index (χ4v) is 1.28. The maximum absolute atomic E-state index is 10.2. The maximum Gasteiger partial charge on any atom is 0.207 e. The first kappa shape index (κ1) is 9.00. The molecule has 2 unspecified atom stereocenters. The highest BCUT2D eigenvalue weighted by Gasteiger charge is 2.31. The molecule has 0 radical (unpaired) electrons. The second-order valence-corrected chi connectivity index (χ2v) is 2.85. The molecule has 0 aromatic carbocycles. The Bertz CT molecular complexity index is 223. The molecule has 2 N–H and O–H groups in total. The molecule has 1 rings (SSSR count). The third kappa shape index (κ3) is 1.56. The lowest BCUT2D eigenvalue weighted by Gasteiger charge is -2.32. The molecule has 0 saturated heterocycles. The standard InChI is InChI=1S/C9H13NO2/c1-2-9(12)6-4-3-5-8(9)10-7-11/h3-8,12H,2H2,1H3,(H,10,11). The van der Waals surface area contributed by atoms with Gasteiger partial charge in [-0.3, -0.25) is 4.79 Å². The summed E-state index contributed by atoms with van der Waals surface area (Å²) in [4.78, 5) is 10.2. The topological polar surface area (TPSA) is 49.3 Å². The Balaban J connectivity index is 2.76. The van der Waals surface area contributed by atoms with E-state index in [2.05, 4.69) is 5.32 Å². The molecule has 0 aromatic heterocycles. The summed E-state index contributed by atoms with van der Waals surface area (Å²) >= 11 is 0. The summed E-state index contributed by atoms with van der Waals surface area (Å²) in [5.41, 5.74) is -0.921. The number of amides is 1. The highest BCUT2D eigenvalue weighted by Crippen LogP contribution is 2.21. The Labute approximate surface area is 71.8 Å².